The molecule has 4 aromatic rings. The van der Waals surface area contributed by atoms with Crippen LogP contribution >= 0.6 is 0 Å². The minimum absolute atomic E-state index is 0.252. The van der Waals surface area contributed by atoms with Gasteiger partial charge in [0.15, 0.2) is 5.82 Å². The molecular weight excluding hydrogens is 462 g/mol. The maximum Gasteiger partial charge on any atom is 0.274 e. The van der Waals surface area contributed by atoms with Crippen molar-refractivity contribution in [3.8, 4) is 11.4 Å². The highest BCUT2D eigenvalue weighted by Gasteiger charge is 2.17. The quantitative estimate of drug-likeness (QED) is 0.324. The highest BCUT2D eigenvalue weighted by atomic mass is 16.2. The average Bonchev–Trinajstić information content (AvgIpc) is 2.90. The molecule has 0 atom stereocenters. The summed E-state index contributed by atoms with van der Waals surface area (Å²) in [6, 6.07) is 25.8. The van der Waals surface area contributed by atoms with Crippen LogP contribution in [-0.4, -0.2) is 47.3 Å². The summed E-state index contributed by atoms with van der Waals surface area (Å²) in [5, 5.41) is 5.78. The van der Waals surface area contributed by atoms with Crippen LogP contribution in [0.25, 0.3) is 11.4 Å². The molecule has 0 aliphatic heterocycles. The van der Waals surface area contributed by atoms with Gasteiger partial charge in [-0.1, -0.05) is 60.2 Å². The van der Waals surface area contributed by atoms with Gasteiger partial charge in [-0.25, -0.2) is 9.97 Å². The molecule has 0 aliphatic rings. The van der Waals surface area contributed by atoms with Crippen molar-refractivity contribution in [2.75, 3.05) is 31.3 Å². The molecule has 0 bridgehead atoms. The van der Waals surface area contributed by atoms with E-state index in [0.717, 1.165) is 36.2 Å². The third-order valence-corrected chi connectivity index (χ3v) is 5.81. The van der Waals surface area contributed by atoms with E-state index < -0.39 is 5.91 Å². The van der Waals surface area contributed by atoms with Crippen LogP contribution in [0.1, 0.15) is 38.5 Å². The normalized spacial score (nSPS) is 10.8. The van der Waals surface area contributed by atoms with Crippen LogP contribution in [0.3, 0.4) is 0 Å². The molecule has 2 amide bonds. The number of hydrogen-bond acceptors (Lipinski definition) is 5. The Morgan fingerprint density at radius 1 is 0.811 bits per heavy atom. The van der Waals surface area contributed by atoms with E-state index in [4.69, 9.17) is 4.98 Å². The first-order chi connectivity index (χ1) is 17.9. The summed E-state index contributed by atoms with van der Waals surface area (Å²) >= 11 is 0. The lowest BCUT2D eigenvalue weighted by Gasteiger charge is -2.13. The minimum atomic E-state index is -0.399. The molecule has 1 heterocycles. The number of amides is 2. The van der Waals surface area contributed by atoms with E-state index in [1.165, 1.54) is 0 Å². The third-order valence-electron chi connectivity index (χ3n) is 5.81. The van der Waals surface area contributed by atoms with Gasteiger partial charge in [0.1, 0.15) is 5.69 Å². The van der Waals surface area contributed by atoms with Gasteiger partial charge in [0, 0.05) is 16.9 Å². The summed E-state index contributed by atoms with van der Waals surface area (Å²) in [5.74, 6) is -0.209. The van der Waals surface area contributed by atoms with Crippen LogP contribution in [0.4, 0.5) is 11.4 Å². The van der Waals surface area contributed by atoms with Gasteiger partial charge >= 0.3 is 0 Å². The summed E-state index contributed by atoms with van der Waals surface area (Å²) in [4.78, 5) is 37.8. The van der Waals surface area contributed by atoms with E-state index in [1.807, 2.05) is 75.6 Å². The topological polar surface area (TPSA) is 87.2 Å². The molecular formula is C30H31N5O2. The van der Waals surface area contributed by atoms with Gasteiger partial charge in [0.2, 0.25) is 0 Å². The fourth-order valence-corrected chi connectivity index (χ4v) is 3.85. The first-order valence-electron chi connectivity index (χ1n) is 12.3. The van der Waals surface area contributed by atoms with Gasteiger partial charge < -0.3 is 15.5 Å². The standard InChI is InChI=1S/C30H31N5O2/c1-21-15-17-23(18-16-21)32-29(36)25-13-7-8-14-26(25)34-30(37)27-20-24(12-9-19-35(2)3)31-28(33-27)22-10-5-4-6-11-22/h4-8,10-11,13-18,20H,9,12,19H2,1-3H3,(H,32,36)(H,34,37). The lowest BCUT2D eigenvalue weighted by molar-refractivity contribution is 0.102. The minimum Gasteiger partial charge on any atom is -0.322 e. The van der Waals surface area contributed by atoms with E-state index in [-0.39, 0.29) is 11.6 Å². The van der Waals surface area contributed by atoms with Crippen molar-refractivity contribution < 1.29 is 9.59 Å². The molecule has 4 rings (SSSR count). The predicted octanol–water partition coefficient (Wildman–Crippen LogP) is 5.45. The van der Waals surface area contributed by atoms with Gasteiger partial charge in [-0.05, 0) is 70.7 Å². The predicted molar refractivity (Wildman–Crippen MR) is 148 cm³/mol. The number of carbonyl (C=O) groups is 2. The Labute approximate surface area is 217 Å². The summed E-state index contributed by atoms with van der Waals surface area (Å²) in [6.07, 6.45) is 1.62. The SMILES string of the molecule is Cc1ccc(NC(=O)c2ccccc2NC(=O)c2cc(CCCN(C)C)nc(-c3ccccc3)n2)cc1. The lowest BCUT2D eigenvalue weighted by atomic mass is 10.1. The van der Waals surface area contributed by atoms with Crippen molar-refractivity contribution >= 4 is 23.2 Å². The molecule has 0 spiro atoms. The Balaban J connectivity index is 1.58. The molecule has 0 aliphatic carbocycles. The fraction of sp³-hybridized carbons (Fsp3) is 0.200. The van der Waals surface area contributed by atoms with Gasteiger partial charge in [0.05, 0.1) is 11.3 Å². The maximum absolute atomic E-state index is 13.4. The Morgan fingerprint density at radius 3 is 2.24 bits per heavy atom. The monoisotopic (exact) mass is 493 g/mol. The van der Waals surface area contributed by atoms with Crippen molar-refractivity contribution in [3.05, 3.63) is 107 Å². The van der Waals surface area contributed by atoms with E-state index in [1.54, 1.807) is 30.3 Å². The highest BCUT2D eigenvalue weighted by molar-refractivity contribution is 6.12. The number of para-hydroxylation sites is 1. The molecule has 0 unspecified atom stereocenters. The summed E-state index contributed by atoms with van der Waals surface area (Å²) in [6.45, 7) is 2.90. The van der Waals surface area contributed by atoms with E-state index in [2.05, 4.69) is 20.5 Å². The second-order valence-corrected chi connectivity index (χ2v) is 9.16. The number of nitrogens with zero attached hydrogens (tertiary/aromatic N) is 3. The molecule has 37 heavy (non-hydrogen) atoms. The Bertz CT molecular complexity index is 1370. The van der Waals surface area contributed by atoms with Crippen LogP contribution in [-0.2, 0) is 6.42 Å². The summed E-state index contributed by atoms with van der Waals surface area (Å²) in [7, 11) is 4.06. The molecule has 188 valence electrons. The van der Waals surface area contributed by atoms with Crippen LogP contribution in [0.15, 0.2) is 84.9 Å². The summed E-state index contributed by atoms with van der Waals surface area (Å²) < 4.78 is 0. The number of carbonyl (C=O) groups excluding carboxylic acids is 2. The van der Waals surface area contributed by atoms with Gasteiger partial charge in [-0.2, -0.15) is 0 Å². The van der Waals surface area contributed by atoms with Crippen LogP contribution < -0.4 is 10.6 Å². The number of hydrogen-bond donors (Lipinski definition) is 2. The first-order valence-corrected chi connectivity index (χ1v) is 12.3. The smallest absolute Gasteiger partial charge is 0.274 e. The van der Waals surface area contributed by atoms with Gasteiger partial charge in [0.25, 0.3) is 11.8 Å². The molecule has 0 fully saturated rings. The van der Waals surface area contributed by atoms with Crippen molar-refractivity contribution in [1.82, 2.24) is 14.9 Å². The van der Waals surface area contributed by atoms with Crippen molar-refractivity contribution in [2.24, 2.45) is 0 Å². The zero-order valence-electron chi connectivity index (χ0n) is 21.4. The highest BCUT2D eigenvalue weighted by Crippen LogP contribution is 2.21. The molecule has 7 nitrogen and oxygen atoms in total. The summed E-state index contributed by atoms with van der Waals surface area (Å²) in [5.41, 5.74) is 4.44. The van der Waals surface area contributed by atoms with Crippen molar-refractivity contribution in [3.63, 3.8) is 0 Å². The molecule has 0 saturated heterocycles. The van der Waals surface area contributed by atoms with Crippen molar-refractivity contribution in [2.45, 2.75) is 19.8 Å². The lowest BCUT2D eigenvalue weighted by Crippen LogP contribution is -2.20. The number of nitrogens with one attached hydrogen (secondary N) is 2. The Hall–Kier alpha value is -4.36. The van der Waals surface area contributed by atoms with Gasteiger partial charge in [-0.15, -0.1) is 0 Å². The molecule has 1 aromatic heterocycles. The molecule has 7 heteroatoms. The number of anilines is 2. The van der Waals surface area contributed by atoms with E-state index >= 15 is 0 Å². The molecule has 2 N–H and O–H groups in total. The Morgan fingerprint density at radius 2 is 1.51 bits per heavy atom. The fourth-order valence-electron chi connectivity index (χ4n) is 3.85. The third kappa shape index (κ3) is 7.08. The van der Waals surface area contributed by atoms with Crippen LogP contribution in [0.2, 0.25) is 0 Å². The second-order valence-electron chi connectivity index (χ2n) is 9.16. The van der Waals surface area contributed by atoms with Crippen molar-refractivity contribution in [1.29, 1.82) is 0 Å². The molecule has 0 saturated carbocycles. The zero-order chi connectivity index (χ0) is 26.2. The Kier molecular flexibility index (Phi) is 8.38. The van der Waals surface area contributed by atoms with Gasteiger partial charge in [-0.3, -0.25) is 9.59 Å². The van der Waals surface area contributed by atoms with E-state index in [9.17, 15) is 9.59 Å². The number of rotatable bonds is 9. The number of aryl methyl sites for hydroxylation is 2. The largest absolute Gasteiger partial charge is 0.322 e. The first kappa shape index (κ1) is 25.7. The average molecular weight is 494 g/mol. The second kappa shape index (κ2) is 12.1. The molecule has 0 radical (unpaired) electrons. The van der Waals surface area contributed by atoms with E-state index in [0.29, 0.717) is 22.8 Å². The van der Waals surface area contributed by atoms with Crippen LogP contribution in [0, 0.1) is 6.92 Å². The van der Waals surface area contributed by atoms with Crippen LogP contribution in [0.5, 0.6) is 0 Å². The maximum atomic E-state index is 13.4. The zero-order valence-corrected chi connectivity index (χ0v) is 21.4. The molecule has 3 aromatic carbocycles. The number of benzene rings is 3. The number of aromatic nitrogens is 2.